The summed E-state index contributed by atoms with van der Waals surface area (Å²) in [6, 6.07) is 10.4. The molecule has 1 aliphatic heterocycles. The highest BCUT2D eigenvalue weighted by Crippen LogP contribution is 2.33. The van der Waals surface area contributed by atoms with Gasteiger partial charge in [0, 0.05) is 31.7 Å². The fourth-order valence-corrected chi connectivity index (χ4v) is 8.07. The Balaban J connectivity index is 1.45. The summed E-state index contributed by atoms with van der Waals surface area (Å²) in [5.41, 5.74) is 0.696. The zero-order valence-electron chi connectivity index (χ0n) is 22.9. The number of rotatable bonds is 11. The normalized spacial score (nSPS) is 17.5. The molecule has 2 aromatic carbocycles. The third-order valence-electron chi connectivity index (χ3n) is 7.26. The lowest BCUT2D eigenvalue weighted by molar-refractivity contribution is -0.121. The average molecular weight is 596 g/mol. The summed E-state index contributed by atoms with van der Waals surface area (Å²) in [5, 5.41) is 2.79. The Kier molecular flexibility index (Phi) is 10.1. The molecule has 2 aromatic rings. The van der Waals surface area contributed by atoms with Gasteiger partial charge in [0.1, 0.15) is 0 Å². The first-order chi connectivity index (χ1) is 19.2. The van der Waals surface area contributed by atoms with Gasteiger partial charge in [-0.3, -0.25) is 4.79 Å². The van der Waals surface area contributed by atoms with Gasteiger partial charge < -0.3 is 19.5 Å². The molecule has 0 unspecified atom stereocenters. The minimum atomic E-state index is -4.01. The van der Waals surface area contributed by atoms with Crippen molar-refractivity contribution in [2.45, 2.75) is 54.5 Å². The van der Waals surface area contributed by atoms with Crippen LogP contribution < -0.4 is 14.8 Å². The van der Waals surface area contributed by atoms with Gasteiger partial charge in [-0.25, -0.2) is 16.8 Å². The van der Waals surface area contributed by atoms with Crippen molar-refractivity contribution in [1.82, 2.24) is 13.9 Å². The molecule has 0 spiro atoms. The maximum absolute atomic E-state index is 13.8. The molecule has 11 nitrogen and oxygen atoms in total. The Morgan fingerprint density at radius 3 is 2.17 bits per heavy atom. The number of carbonyl (C=O) groups is 1. The summed E-state index contributed by atoms with van der Waals surface area (Å²) >= 11 is 0. The Hall–Kier alpha value is -2.71. The number of ether oxygens (including phenoxy) is 3. The molecular weight excluding hydrogens is 558 g/mol. The van der Waals surface area contributed by atoms with Crippen molar-refractivity contribution in [3.63, 3.8) is 0 Å². The van der Waals surface area contributed by atoms with Crippen molar-refractivity contribution in [2.24, 2.45) is 0 Å². The van der Waals surface area contributed by atoms with Gasteiger partial charge in [0.2, 0.25) is 26.0 Å². The van der Waals surface area contributed by atoms with Gasteiger partial charge in [-0.15, -0.1) is 0 Å². The van der Waals surface area contributed by atoms with Crippen molar-refractivity contribution in [3.05, 3.63) is 48.0 Å². The quantitative estimate of drug-likeness (QED) is 0.419. The molecule has 13 heteroatoms. The number of carbonyl (C=O) groups excluding carboxylic acids is 1. The van der Waals surface area contributed by atoms with Gasteiger partial charge in [-0.1, -0.05) is 31.4 Å². The zero-order valence-corrected chi connectivity index (χ0v) is 24.5. The third-order valence-corrected chi connectivity index (χ3v) is 11.1. The lowest BCUT2D eigenvalue weighted by Crippen LogP contribution is -2.46. The predicted molar refractivity (Wildman–Crippen MR) is 148 cm³/mol. The summed E-state index contributed by atoms with van der Waals surface area (Å²) in [7, 11) is -4.72. The van der Waals surface area contributed by atoms with Crippen LogP contribution in [0.1, 0.15) is 37.7 Å². The first-order valence-corrected chi connectivity index (χ1v) is 16.2. The van der Waals surface area contributed by atoms with Crippen LogP contribution in [0.4, 0.5) is 0 Å². The average Bonchev–Trinajstić information content (AvgIpc) is 2.99. The van der Waals surface area contributed by atoms with E-state index < -0.39 is 26.0 Å². The van der Waals surface area contributed by atoms with Gasteiger partial charge in [0.25, 0.3) is 0 Å². The largest absolute Gasteiger partial charge is 0.493 e. The fraction of sp³-hybridized carbons (Fsp3) is 0.519. The highest BCUT2D eigenvalue weighted by atomic mass is 32.2. The summed E-state index contributed by atoms with van der Waals surface area (Å²) in [6.07, 6.45) is 4.18. The fourth-order valence-electron chi connectivity index (χ4n) is 5.01. The minimum Gasteiger partial charge on any atom is -0.493 e. The second-order valence-electron chi connectivity index (χ2n) is 9.80. The van der Waals surface area contributed by atoms with E-state index in [-0.39, 0.29) is 34.7 Å². The molecule has 0 aromatic heterocycles. The number of nitrogens with zero attached hydrogens (tertiary/aromatic N) is 2. The lowest BCUT2D eigenvalue weighted by Gasteiger charge is -2.33. The van der Waals surface area contributed by atoms with E-state index in [1.807, 2.05) is 0 Å². The molecule has 1 amide bonds. The number of nitrogens with one attached hydrogen (secondary N) is 1. The smallest absolute Gasteiger partial charge is 0.243 e. The Bertz CT molecular complexity index is 1370. The molecule has 0 atom stereocenters. The highest BCUT2D eigenvalue weighted by molar-refractivity contribution is 7.89. The number of hydrogen-bond donors (Lipinski definition) is 1. The van der Waals surface area contributed by atoms with Crippen molar-refractivity contribution >= 4 is 26.0 Å². The topological polar surface area (TPSA) is 132 Å². The summed E-state index contributed by atoms with van der Waals surface area (Å²) in [4.78, 5) is 13.2. The molecule has 1 saturated carbocycles. The van der Waals surface area contributed by atoms with Gasteiger partial charge in [0.05, 0.1) is 43.8 Å². The van der Waals surface area contributed by atoms with Crippen molar-refractivity contribution in [1.29, 1.82) is 0 Å². The van der Waals surface area contributed by atoms with Crippen LogP contribution in [0.5, 0.6) is 11.5 Å². The van der Waals surface area contributed by atoms with E-state index in [9.17, 15) is 21.6 Å². The van der Waals surface area contributed by atoms with Crippen LogP contribution in [0.15, 0.2) is 52.3 Å². The van der Waals surface area contributed by atoms with Gasteiger partial charge in [-0.05, 0) is 42.7 Å². The number of hydrogen-bond acceptors (Lipinski definition) is 8. The van der Waals surface area contributed by atoms with E-state index in [0.29, 0.717) is 50.5 Å². The Morgan fingerprint density at radius 2 is 1.55 bits per heavy atom. The van der Waals surface area contributed by atoms with Gasteiger partial charge in [-0.2, -0.15) is 8.61 Å². The van der Waals surface area contributed by atoms with Crippen LogP contribution in [-0.4, -0.2) is 84.5 Å². The first kappa shape index (κ1) is 30.3. The highest BCUT2D eigenvalue weighted by Gasteiger charge is 2.34. The first-order valence-electron chi connectivity index (χ1n) is 13.3. The molecule has 0 bridgehead atoms. The third kappa shape index (κ3) is 6.95. The summed E-state index contributed by atoms with van der Waals surface area (Å²) < 4.78 is 71.7. The summed E-state index contributed by atoms with van der Waals surface area (Å²) in [5.74, 6) is 0.252. The molecular formula is C27H37N3O8S2. The molecule has 40 heavy (non-hydrogen) atoms. The number of methoxy groups -OCH3 is 2. The Morgan fingerprint density at radius 1 is 0.925 bits per heavy atom. The maximum atomic E-state index is 13.8. The standard InChI is InChI=1S/C27H37N3O8S2/c1-36-25-13-12-24(18-26(25)37-2)40(34,35)30(22-6-4-3-5-7-22)20-27(31)28-19-21-8-10-23(11-9-21)39(32,33)29-14-16-38-17-15-29/h8-13,18,22H,3-7,14-17,19-20H2,1-2H3,(H,28,31). The molecule has 2 aliphatic rings. The lowest BCUT2D eigenvalue weighted by atomic mass is 9.95. The van der Waals surface area contributed by atoms with E-state index in [4.69, 9.17) is 14.2 Å². The van der Waals surface area contributed by atoms with Crippen LogP contribution >= 0.6 is 0 Å². The zero-order chi connectivity index (χ0) is 28.8. The summed E-state index contributed by atoms with van der Waals surface area (Å²) in [6.45, 7) is 1.15. The molecule has 220 valence electrons. The second kappa shape index (κ2) is 13.3. The van der Waals surface area contributed by atoms with Crippen LogP contribution in [0.25, 0.3) is 0 Å². The SMILES string of the molecule is COc1ccc(S(=O)(=O)N(CC(=O)NCc2ccc(S(=O)(=O)N3CCOCC3)cc2)C2CCCCC2)cc1OC. The van der Waals surface area contributed by atoms with Gasteiger partial charge in [0.15, 0.2) is 11.5 Å². The Labute approximate surface area is 236 Å². The van der Waals surface area contributed by atoms with Crippen LogP contribution in [0.3, 0.4) is 0 Å². The molecule has 1 saturated heterocycles. The minimum absolute atomic E-state index is 0.0283. The number of amides is 1. The van der Waals surface area contributed by atoms with E-state index >= 15 is 0 Å². The van der Waals surface area contributed by atoms with Crippen LogP contribution in [0.2, 0.25) is 0 Å². The molecule has 4 rings (SSSR count). The van der Waals surface area contributed by atoms with E-state index in [2.05, 4.69) is 5.32 Å². The van der Waals surface area contributed by atoms with E-state index in [1.54, 1.807) is 12.1 Å². The second-order valence-corrected chi connectivity index (χ2v) is 13.6. The van der Waals surface area contributed by atoms with Crippen LogP contribution in [0, 0.1) is 0 Å². The number of morpholine rings is 1. The van der Waals surface area contributed by atoms with Crippen molar-refractivity contribution in [2.75, 3.05) is 47.1 Å². The molecule has 1 heterocycles. The van der Waals surface area contributed by atoms with E-state index in [0.717, 1.165) is 19.3 Å². The number of sulfonamides is 2. The monoisotopic (exact) mass is 595 g/mol. The van der Waals surface area contributed by atoms with Crippen molar-refractivity contribution in [3.8, 4) is 11.5 Å². The van der Waals surface area contributed by atoms with E-state index in [1.165, 1.54) is 53.2 Å². The number of benzene rings is 2. The van der Waals surface area contributed by atoms with Crippen LogP contribution in [-0.2, 0) is 36.1 Å². The van der Waals surface area contributed by atoms with Gasteiger partial charge >= 0.3 is 0 Å². The maximum Gasteiger partial charge on any atom is 0.243 e. The predicted octanol–water partition coefficient (Wildman–Crippen LogP) is 2.36. The molecule has 2 fully saturated rings. The van der Waals surface area contributed by atoms with Crippen molar-refractivity contribution < 1.29 is 35.8 Å². The molecule has 1 aliphatic carbocycles. The molecule has 1 N–H and O–H groups in total. The molecule has 0 radical (unpaired) electrons.